The monoisotopic (exact) mass is 1040 g/mol. The molecule has 410 valence electrons. The summed E-state index contributed by atoms with van der Waals surface area (Å²) < 4.78 is 5.35. The first-order valence-corrected chi connectivity index (χ1v) is 27.1. The van der Waals surface area contributed by atoms with Crippen LogP contribution < -0.4 is 26.6 Å². The van der Waals surface area contributed by atoms with E-state index in [-0.39, 0.29) is 79.9 Å². The van der Waals surface area contributed by atoms with Crippen LogP contribution in [0.2, 0.25) is 0 Å². The summed E-state index contributed by atoms with van der Waals surface area (Å²) in [6.07, 6.45) is 4.82. The Bertz CT molecular complexity index is 2280. The Labute approximate surface area is 445 Å². The molecule has 75 heavy (non-hydrogen) atoms. The lowest BCUT2D eigenvalue weighted by molar-refractivity contribution is -0.142. The van der Waals surface area contributed by atoms with Crippen molar-refractivity contribution in [2.24, 2.45) is 5.41 Å². The number of carbonyl (C=O) groups is 7. The molecule has 17 heteroatoms. The Kier molecular flexibility index (Phi) is 24.0. The highest BCUT2D eigenvalue weighted by atomic mass is 16.5. The SMILES string of the molecule is CN[C@@H](C)C(=O)N[C@@H](CCCNC(=O)OCc1ccccc1)C(=O)N1CCC[C@@H]1CN(CCc1ccccc1)C(=O)CCCC(=O)N(CCc1ccccc1)C[C@@H]1CCCN1C(=O)[C@@H](NC(=O)[C@H](C)NC)C(C)(C)C. The molecule has 2 saturated heterocycles. The van der Waals surface area contributed by atoms with E-state index in [1.807, 2.05) is 126 Å². The van der Waals surface area contributed by atoms with E-state index in [1.165, 1.54) is 0 Å². The van der Waals surface area contributed by atoms with Crippen LogP contribution in [0.15, 0.2) is 91.0 Å². The fraction of sp³-hybridized carbons (Fsp3) is 0.569. The minimum atomic E-state index is -0.859. The summed E-state index contributed by atoms with van der Waals surface area (Å²) in [5, 5.41) is 14.6. The highest BCUT2D eigenvalue weighted by molar-refractivity contribution is 5.91. The van der Waals surface area contributed by atoms with Gasteiger partial charge in [0.05, 0.1) is 12.1 Å². The van der Waals surface area contributed by atoms with Crippen molar-refractivity contribution < 1.29 is 38.3 Å². The first kappa shape index (κ1) is 59.5. The van der Waals surface area contributed by atoms with Crippen LogP contribution in [0.1, 0.15) is 109 Å². The number of benzene rings is 3. The number of hydrogen-bond acceptors (Lipinski definition) is 10. The molecule has 2 fully saturated rings. The number of rotatable bonds is 28. The molecule has 0 spiro atoms. The summed E-state index contributed by atoms with van der Waals surface area (Å²) in [6.45, 7) is 12.2. The van der Waals surface area contributed by atoms with Crippen molar-refractivity contribution in [3.63, 3.8) is 0 Å². The van der Waals surface area contributed by atoms with E-state index >= 15 is 0 Å². The minimum absolute atomic E-state index is 0.0927. The van der Waals surface area contributed by atoms with E-state index in [0.717, 1.165) is 36.0 Å². The van der Waals surface area contributed by atoms with Gasteiger partial charge in [0.2, 0.25) is 35.4 Å². The average molecular weight is 1040 g/mol. The lowest BCUT2D eigenvalue weighted by atomic mass is 9.85. The van der Waals surface area contributed by atoms with Gasteiger partial charge < -0.3 is 50.9 Å². The number of ether oxygens (including phenoxy) is 1. The molecule has 0 unspecified atom stereocenters. The molecule has 0 saturated carbocycles. The van der Waals surface area contributed by atoms with Gasteiger partial charge in [-0.25, -0.2) is 4.79 Å². The van der Waals surface area contributed by atoms with Crippen molar-refractivity contribution in [3.05, 3.63) is 108 Å². The van der Waals surface area contributed by atoms with Crippen molar-refractivity contribution in [2.45, 2.75) is 148 Å². The van der Waals surface area contributed by atoms with E-state index in [0.29, 0.717) is 71.4 Å². The molecule has 3 aromatic carbocycles. The van der Waals surface area contributed by atoms with E-state index in [1.54, 1.807) is 32.8 Å². The summed E-state index contributed by atoms with van der Waals surface area (Å²) in [6, 6.07) is 26.1. The molecule has 5 rings (SSSR count). The second-order valence-electron chi connectivity index (χ2n) is 21.2. The third kappa shape index (κ3) is 19.1. The highest BCUT2D eigenvalue weighted by Crippen LogP contribution is 2.27. The molecule has 5 N–H and O–H groups in total. The second kappa shape index (κ2) is 30.3. The van der Waals surface area contributed by atoms with Crippen LogP contribution in [0.4, 0.5) is 4.79 Å². The zero-order chi connectivity index (χ0) is 54.3. The van der Waals surface area contributed by atoms with Crippen LogP contribution in [0.25, 0.3) is 0 Å². The van der Waals surface area contributed by atoms with Gasteiger partial charge in [-0.1, -0.05) is 112 Å². The van der Waals surface area contributed by atoms with Gasteiger partial charge >= 0.3 is 6.09 Å². The first-order valence-electron chi connectivity index (χ1n) is 27.1. The molecule has 0 radical (unpaired) electrons. The van der Waals surface area contributed by atoms with Crippen LogP contribution in [0, 0.1) is 5.41 Å². The number of alkyl carbamates (subject to hydrolysis) is 1. The zero-order valence-electron chi connectivity index (χ0n) is 45.6. The third-order valence-electron chi connectivity index (χ3n) is 14.5. The van der Waals surface area contributed by atoms with Crippen LogP contribution in [-0.4, -0.2) is 157 Å². The molecule has 6 atom stereocenters. The standard InChI is InChI=1S/C58H85N9O8/c1-42(59-6)53(70)62-49(29-18-34-61-57(74)75-41-46-25-15-10-16-26-46)55(72)66-35-19-27-47(66)39-64(37-32-44-21-11-8-12-22-44)50(68)30-17-31-51(69)65(38-33-45-23-13-9-14-24-45)40-48-28-20-36-67(48)56(73)52(58(3,4)5)63-54(71)43(2)60-7/h8-16,21-26,42-43,47-49,52,59-60H,17-20,27-41H2,1-7H3,(H,61,74)(H,62,70)(H,63,71)/t42-,43-,47+,48-,49-,52+/m0/s1. The largest absolute Gasteiger partial charge is 0.445 e. The molecule has 0 bridgehead atoms. The van der Waals surface area contributed by atoms with E-state index < -0.39 is 35.7 Å². The van der Waals surface area contributed by atoms with Gasteiger partial charge in [0, 0.05) is 70.7 Å². The van der Waals surface area contributed by atoms with Crippen LogP contribution in [0.5, 0.6) is 0 Å². The van der Waals surface area contributed by atoms with E-state index in [2.05, 4.69) is 26.6 Å². The maximum atomic E-state index is 14.5. The van der Waals surface area contributed by atoms with E-state index in [4.69, 9.17) is 4.74 Å². The lowest BCUT2D eigenvalue weighted by Gasteiger charge is -2.37. The van der Waals surface area contributed by atoms with Crippen molar-refractivity contribution in [1.82, 2.24) is 46.2 Å². The number of amides is 7. The van der Waals surface area contributed by atoms with Crippen LogP contribution in [-0.2, 0) is 53.0 Å². The first-order chi connectivity index (χ1) is 36.0. The average Bonchev–Trinajstić information content (AvgIpc) is 4.09. The Morgan fingerprint density at radius 3 is 1.55 bits per heavy atom. The fourth-order valence-electron chi connectivity index (χ4n) is 9.67. The third-order valence-corrected chi connectivity index (χ3v) is 14.5. The summed E-state index contributed by atoms with van der Waals surface area (Å²) >= 11 is 0. The Balaban J connectivity index is 1.25. The molecule has 3 aromatic rings. The van der Waals surface area contributed by atoms with Gasteiger partial charge in [0.15, 0.2) is 0 Å². The Morgan fingerprint density at radius 2 is 1.08 bits per heavy atom. The van der Waals surface area contributed by atoms with Gasteiger partial charge in [-0.3, -0.25) is 28.8 Å². The molecule has 2 aliphatic rings. The molecule has 0 aromatic heterocycles. The van der Waals surface area contributed by atoms with Gasteiger partial charge in [-0.2, -0.15) is 0 Å². The number of likely N-dealkylation sites (tertiary alicyclic amines) is 2. The number of nitrogens with one attached hydrogen (secondary N) is 5. The predicted molar refractivity (Wildman–Crippen MR) is 291 cm³/mol. The normalized spacial score (nSPS) is 17.1. The van der Waals surface area contributed by atoms with Gasteiger partial charge in [0.1, 0.15) is 18.7 Å². The van der Waals surface area contributed by atoms with Crippen molar-refractivity contribution in [3.8, 4) is 0 Å². The smallest absolute Gasteiger partial charge is 0.407 e. The van der Waals surface area contributed by atoms with Crippen LogP contribution >= 0.6 is 0 Å². The van der Waals surface area contributed by atoms with Gasteiger partial charge in [0.25, 0.3) is 0 Å². The molecule has 17 nitrogen and oxygen atoms in total. The molecular formula is C58H85N9O8. The number of carbonyl (C=O) groups excluding carboxylic acids is 7. The maximum absolute atomic E-state index is 14.5. The van der Waals surface area contributed by atoms with Gasteiger partial charge in [-0.05, 0) is 108 Å². The number of likely N-dealkylation sites (N-methyl/N-ethyl adjacent to an activating group) is 2. The predicted octanol–water partition coefficient (Wildman–Crippen LogP) is 5.22. The minimum Gasteiger partial charge on any atom is -0.445 e. The molecule has 0 aliphatic carbocycles. The molecular weight excluding hydrogens is 951 g/mol. The summed E-state index contributed by atoms with van der Waals surface area (Å²) in [4.78, 5) is 104. The Morgan fingerprint density at radius 1 is 0.627 bits per heavy atom. The summed E-state index contributed by atoms with van der Waals surface area (Å²) in [5.74, 6) is -1.17. The maximum Gasteiger partial charge on any atom is 0.407 e. The molecule has 2 heterocycles. The highest BCUT2D eigenvalue weighted by Gasteiger charge is 2.41. The topological polar surface area (TPSA) is 202 Å². The lowest BCUT2D eigenvalue weighted by Crippen LogP contribution is -2.59. The van der Waals surface area contributed by atoms with Crippen molar-refractivity contribution in [1.29, 1.82) is 0 Å². The summed E-state index contributed by atoms with van der Waals surface area (Å²) in [7, 11) is 3.38. The molecule has 7 amide bonds. The number of nitrogens with zero attached hydrogens (tertiary/aromatic N) is 4. The molecule has 2 aliphatic heterocycles. The van der Waals surface area contributed by atoms with Crippen molar-refractivity contribution in [2.75, 3.05) is 59.9 Å². The number of hydrogen-bond donors (Lipinski definition) is 5. The van der Waals surface area contributed by atoms with Gasteiger partial charge in [-0.15, -0.1) is 0 Å². The quantitative estimate of drug-likeness (QED) is 0.0601. The second-order valence-corrected chi connectivity index (χ2v) is 21.2. The van der Waals surface area contributed by atoms with Crippen molar-refractivity contribution >= 4 is 41.5 Å². The summed E-state index contributed by atoms with van der Waals surface area (Å²) in [5.41, 5.74) is 2.46. The Hall–Kier alpha value is -6.33. The zero-order valence-corrected chi connectivity index (χ0v) is 45.6. The van der Waals surface area contributed by atoms with Crippen LogP contribution in [0.3, 0.4) is 0 Å². The van der Waals surface area contributed by atoms with E-state index in [9.17, 15) is 33.6 Å². The fourth-order valence-corrected chi connectivity index (χ4v) is 9.67.